The molecule has 0 aliphatic carbocycles. The molecule has 0 saturated carbocycles. The fourth-order valence-corrected chi connectivity index (χ4v) is 5.54. The lowest BCUT2D eigenvalue weighted by molar-refractivity contribution is -0.186. The Labute approximate surface area is 238 Å². The van der Waals surface area contributed by atoms with Crippen LogP contribution in [0.1, 0.15) is 23.1 Å². The van der Waals surface area contributed by atoms with Crippen molar-refractivity contribution in [3.8, 4) is 5.75 Å². The number of aromatic hydroxyl groups is 1. The van der Waals surface area contributed by atoms with E-state index < -0.39 is 18.2 Å². The summed E-state index contributed by atoms with van der Waals surface area (Å²) in [6, 6.07) is 21.3. The Hall–Kier alpha value is -4.44. The number of urea groups is 1. The lowest BCUT2D eigenvalue weighted by Gasteiger charge is -2.54. The minimum atomic E-state index is -0.802. The Morgan fingerprint density at radius 3 is 2.34 bits per heavy atom. The molecule has 3 aromatic rings. The van der Waals surface area contributed by atoms with Crippen LogP contribution in [-0.4, -0.2) is 81.7 Å². The van der Waals surface area contributed by atoms with Gasteiger partial charge in [-0.05, 0) is 53.8 Å². The molecule has 2 fully saturated rings. The van der Waals surface area contributed by atoms with Gasteiger partial charge in [-0.3, -0.25) is 9.59 Å². The summed E-state index contributed by atoms with van der Waals surface area (Å²) in [6.07, 6.45) is 1.08. The number of carbonyl (C=O) groups excluding carboxylic acids is 3. The Morgan fingerprint density at radius 1 is 0.951 bits per heavy atom. The first-order valence-electron chi connectivity index (χ1n) is 13.7. The summed E-state index contributed by atoms with van der Waals surface area (Å²) in [5, 5.41) is 15.7. The van der Waals surface area contributed by atoms with Crippen LogP contribution in [0, 0.1) is 5.82 Å². The van der Waals surface area contributed by atoms with Gasteiger partial charge >= 0.3 is 6.03 Å². The minimum absolute atomic E-state index is 0.0617. The highest BCUT2D eigenvalue weighted by Gasteiger charge is 2.50. The third-order valence-corrected chi connectivity index (χ3v) is 7.61. The van der Waals surface area contributed by atoms with Crippen molar-refractivity contribution in [2.75, 3.05) is 26.7 Å². The second kappa shape index (κ2) is 12.4. The van der Waals surface area contributed by atoms with Crippen LogP contribution < -0.4 is 5.32 Å². The molecule has 2 aliphatic rings. The summed E-state index contributed by atoms with van der Waals surface area (Å²) in [5.74, 6) is -0.638. The van der Waals surface area contributed by atoms with E-state index in [4.69, 9.17) is 0 Å². The van der Waals surface area contributed by atoms with E-state index in [0.717, 1.165) is 24.0 Å². The van der Waals surface area contributed by atoms with Crippen molar-refractivity contribution in [2.45, 2.75) is 38.0 Å². The van der Waals surface area contributed by atoms with Gasteiger partial charge in [0.25, 0.3) is 0 Å². The minimum Gasteiger partial charge on any atom is -0.508 e. The summed E-state index contributed by atoms with van der Waals surface area (Å²) in [5.41, 5.74) is 2.71. The number of aryl methyl sites for hydroxylation is 1. The molecule has 0 spiro atoms. The maximum atomic E-state index is 13.9. The molecule has 2 N–H and O–H groups in total. The highest BCUT2D eigenvalue weighted by molar-refractivity contribution is 5.91. The zero-order valence-corrected chi connectivity index (χ0v) is 22.9. The first kappa shape index (κ1) is 28.1. The molecular weight excluding hydrogens is 525 g/mol. The predicted octanol–water partition coefficient (Wildman–Crippen LogP) is 3.14. The van der Waals surface area contributed by atoms with Crippen LogP contribution in [-0.2, 0) is 29.0 Å². The third-order valence-electron chi connectivity index (χ3n) is 7.61. The lowest BCUT2D eigenvalue weighted by Crippen LogP contribution is -2.76. The second-order valence-electron chi connectivity index (χ2n) is 10.5. The highest BCUT2D eigenvalue weighted by Crippen LogP contribution is 2.28. The van der Waals surface area contributed by atoms with Crippen LogP contribution in [0.4, 0.5) is 9.18 Å². The van der Waals surface area contributed by atoms with Crippen molar-refractivity contribution in [3.05, 3.63) is 101 Å². The van der Waals surface area contributed by atoms with Crippen molar-refractivity contribution < 1.29 is 23.9 Å². The Morgan fingerprint density at radius 2 is 1.63 bits per heavy atom. The summed E-state index contributed by atoms with van der Waals surface area (Å²) in [6.45, 7) is 0.779. The molecule has 5 rings (SSSR count). The number of phenols is 1. The molecule has 4 amide bonds. The molecule has 0 aromatic heterocycles. The van der Waals surface area contributed by atoms with Crippen LogP contribution in [0.2, 0.25) is 0 Å². The number of hydrazine groups is 1. The van der Waals surface area contributed by atoms with E-state index in [1.165, 1.54) is 22.7 Å². The van der Waals surface area contributed by atoms with E-state index in [0.29, 0.717) is 6.54 Å². The number of nitrogens with zero attached hydrogens (tertiary/aromatic N) is 4. The van der Waals surface area contributed by atoms with Crippen molar-refractivity contribution in [3.63, 3.8) is 0 Å². The summed E-state index contributed by atoms with van der Waals surface area (Å²) in [4.78, 5) is 44.1. The Balaban J connectivity index is 1.38. The van der Waals surface area contributed by atoms with E-state index >= 15 is 0 Å². The number of nitrogens with one attached hydrogen (secondary N) is 1. The van der Waals surface area contributed by atoms with Gasteiger partial charge in [0.15, 0.2) is 0 Å². The zero-order valence-electron chi connectivity index (χ0n) is 22.9. The van der Waals surface area contributed by atoms with Gasteiger partial charge in [-0.1, -0.05) is 54.6 Å². The van der Waals surface area contributed by atoms with Crippen molar-refractivity contribution in [2.24, 2.45) is 0 Å². The van der Waals surface area contributed by atoms with Crippen molar-refractivity contribution in [1.82, 2.24) is 25.1 Å². The number of fused-ring (bicyclic) bond motifs is 1. The average molecular weight is 560 g/mol. The van der Waals surface area contributed by atoms with Crippen LogP contribution in [0.3, 0.4) is 0 Å². The molecule has 41 heavy (non-hydrogen) atoms. The van der Waals surface area contributed by atoms with Crippen LogP contribution >= 0.6 is 0 Å². The molecule has 9 nitrogen and oxygen atoms in total. The van der Waals surface area contributed by atoms with Crippen molar-refractivity contribution >= 4 is 17.8 Å². The van der Waals surface area contributed by atoms with Gasteiger partial charge in [0.2, 0.25) is 11.8 Å². The number of likely N-dealkylation sites (N-methyl/N-ethyl adjacent to an activating group) is 1. The standard InChI is InChI=1S/C31H34FN5O4/c1-34-21-29(39)36-27(18-23-11-15-26(38)16-12-23)30(40)35(17-5-8-22-6-3-2-4-7-22)20-28(36)37(34)31(41)33-19-24-9-13-25(32)14-10-24/h2-4,6-7,9-16,27-28,38H,5,8,17-21H2,1H3,(H,33,41)/t27-,28-/m0/s1. The van der Waals surface area contributed by atoms with E-state index in [2.05, 4.69) is 17.4 Å². The number of benzene rings is 3. The Kier molecular flexibility index (Phi) is 8.49. The largest absolute Gasteiger partial charge is 0.508 e. The fraction of sp³-hybridized carbons (Fsp3) is 0.323. The van der Waals surface area contributed by atoms with Crippen LogP contribution in [0.25, 0.3) is 0 Å². The number of hydrogen-bond acceptors (Lipinski definition) is 5. The highest BCUT2D eigenvalue weighted by atomic mass is 19.1. The van der Waals surface area contributed by atoms with Gasteiger partial charge < -0.3 is 20.2 Å². The number of carbonyl (C=O) groups is 3. The summed E-state index contributed by atoms with van der Waals surface area (Å²) < 4.78 is 13.3. The maximum Gasteiger partial charge on any atom is 0.334 e. The van der Waals surface area contributed by atoms with Gasteiger partial charge in [-0.25, -0.2) is 19.2 Å². The smallest absolute Gasteiger partial charge is 0.334 e. The number of phenolic OH excluding ortho intramolecular Hbond substituents is 1. The van der Waals surface area contributed by atoms with Gasteiger partial charge in [0.1, 0.15) is 23.8 Å². The second-order valence-corrected chi connectivity index (χ2v) is 10.5. The molecule has 2 aliphatic heterocycles. The van der Waals surface area contributed by atoms with Gasteiger partial charge in [0, 0.05) is 26.6 Å². The van der Waals surface area contributed by atoms with E-state index in [-0.39, 0.29) is 49.4 Å². The number of halogens is 1. The first-order chi connectivity index (χ1) is 19.8. The number of rotatable bonds is 8. The van der Waals surface area contributed by atoms with E-state index in [1.54, 1.807) is 58.3 Å². The van der Waals surface area contributed by atoms with Gasteiger partial charge in [0.05, 0.1) is 13.1 Å². The molecule has 0 bridgehead atoms. The summed E-state index contributed by atoms with van der Waals surface area (Å²) >= 11 is 0. The maximum absolute atomic E-state index is 13.9. The van der Waals surface area contributed by atoms with Gasteiger partial charge in [-0.15, -0.1) is 0 Å². The predicted molar refractivity (Wildman–Crippen MR) is 151 cm³/mol. The molecule has 2 saturated heterocycles. The molecule has 2 atom stereocenters. The Bertz CT molecular complexity index is 1370. The normalized spacial score (nSPS) is 19.3. The first-order valence-corrected chi connectivity index (χ1v) is 13.7. The quantitative estimate of drug-likeness (QED) is 0.442. The molecule has 2 heterocycles. The zero-order chi connectivity index (χ0) is 28.9. The number of amides is 4. The van der Waals surface area contributed by atoms with Gasteiger partial charge in [-0.2, -0.15) is 0 Å². The molecule has 0 radical (unpaired) electrons. The SMILES string of the molecule is CN1CC(=O)N2[C@@H](Cc3ccc(O)cc3)C(=O)N(CCCc3ccccc3)C[C@@H]2N1C(=O)NCc1ccc(F)cc1. The fourth-order valence-electron chi connectivity index (χ4n) is 5.54. The average Bonchev–Trinajstić information content (AvgIpc) is 2.96. The molecule has 214 valence electrons. The van der Waals surface area contributed by atoms with Crippen LogP contribution in [0.5, 0.6) is 5.75 Å². The molecular formula is C31H34FN5O4. The molecule has 10 heteroatoms. The number of piperazine rings is 1. The van der Waals surface area contributed by atoms with Crippen LogP contribution in [0.15, 0.2) is 78.9 Å². The summed E-state index contributed by atoms with van der Waals surface area (Å²) in [7, 11) is 1.68. The third kappa shape index (κ3) is 6.49. The van der Waals surface area contributed by atoms with E-state index in [9.17, 15) is 23.9 Å². The van der Waals surface area contributed by atoms with Crippen molar-refractivity contribution in [1.29, 1.82) is 0 Å². The molecule has 0 unspecified atom stereocenters. The monoisotopic (exact) mass is 559 g/mol. The molecule has 3 aromatic carbocycles. The number of hydrogen-bond donors (Lipinski definition) is 2. The van der Waals surface area contributed by atoms with E-state index in [1.807, 2.05) is 18.2 Å². The lowest BCUT2D eigenvalue weighted by atomic mass is 9.98. The topological polar surface area (TPSA) is 96.4 Å².